The van der Waals surface area contributed by atoms with Crippen LogP contribution in [-0.4, -0.2) is 23.5 Å². The molecule has 0 bridgehead atoms. The Morgan fingerprint density at radius 3 is 2.83 bits per heavy atom. The molecule has 5 nitrogen and oxygen atoms in total. The molecule has 0 aromatic heterocycles. The van der Waals surface area contributed by atoms with Crippen LogP contribution in [0.25, 0.3) is 0 Å². The highest BCUT2D eigenvalue weighted by Gasteiger charge is 2.10. The number of phenols is 1. The van der Waals surface area contributed by atoms with E-state index in [1.807, 2.05) is 24.3 Å². The van der Waals surface area contributed by atoms with E-state index in [2.05, 4.69) is 22.7 Å². The number of hydrogen-bond donors (Lipinski definition) is 3. The minimum Gasteiger partial charge on any atom is -0.507 e. The predicted octanol–water partition coefficient (Wildman–Crippen LogP) is 3.37. The van der Waals surface area contributed by atoms with Gasteiger partial charge in [-0.05, 0) is 36.5 Å². The van der Waals surface area contributed by atoms with Gasteiger partial charge in [0.25, 0.3) is 0 Å². The standard InChI is InChI=1S/C15H14ClN3O2S2/c1-21-13-4-2-3-5-14(13)23-9-6-11(16)10(12(20)7-9)8-18-19-15(17)22/h2-8,20H,1H3,(H3,17,19,22). The van der Waals surface area contributed by atoms with Crippen molar-refractivity contribution in [2.45, 2.75) is 9.79 Å². The highest BCUT2D eigenvalue weighted by atomic mass is 35.5. The van der Waals surface area contributed by atoms with Crippen molar-refractivity contribution < 1.29 is 9.84 Å². The van der Waals surface area contributed by atoms with Gasteiger partial charge in [-0.1, -0.05) is 35.5 Å². The highest BCUT2D eigenvalue weighted by molar-refractivity contribution is 7.99. The maximum atomic E-state index is 10.1. The van der Waals surface area contributed by atoms with E-state index in [9.17, 15) is 5.11 Å². The Bertz CT molecular complexity index is 730. The maximum absolute atomic E-state index is 10.1. The van der Waals surface area contributed by atoms with Crippen LogP contribution in [0.5, 0.6) is 11.5 Å². The Hall–Kier alpha value is -1.96. The molecule has 0 atom stereocenters. The molecule has 0 saturated carbocycles. The van der Waals surface area contributed by atoms with Gasteiger partial charge in [-0.3, -0.25) is 5.43 Å². The van der Waals surface area contributed by atoms with Crippen LogP contribution < -0.4 is 15.9 Å². The predicted molar refractivity (Wildman–Crippen MR) is 97.7 cm³/mol. The molecule has 0 heterocycles. The summed E-state index contributed by atoms with van der Waals surface area (Å²) in [6.45, 7) is 0. The van der Waals surface area contributed by atoms with Gasteiger partial charge >= 0.3 is 0 Å². The minimum absolute atomic E-state index is 0.00314. The summed E-state index contributed by atoms with van der Waals surface area (Å²) in [4.78, 5) is 1.69. The summed E-state index contributed by atoms with van der Waals surface area (Å²) in [7, 11) is 1.61. The summed E-state index contributed by atoms with van der Waals surface area (Å²) in [6, 6.07) is 10.9. The Morgan fingerprint density at radius 2 is 2.17 bits per heavy atom. The first-order chi connectivity index (χ1) is 11.0. The van der Waals surface area contributed by atoms with Crippen LogP contribution in [0, 0.1) is 0 Å². The maximum Gasteiger partial charge on any atom is 0.184 e. The second-order valence-electron chi connectivity index (χ2n) is 4.33. The number of ether oxygens (including phenoxy) is 1. The number of aromatic hydroxyl groups is 1. The molecule has 2 aromatic rings. The lowest BCUT2D eigenvalue weighted by atomic mass is 10.2. The molecule has 0 aliphatic carbocycles. The third kappa shape index (κ3) is 4.75. The molecular weight excluding hydrogens is 354 g/mol. The summed E-state index contributed by atoms with van der Waals surface area (Å²) in [5.74, 6) is 0.753. The second kappa shape index (κ2) is 8.05. The van der Waals surface area contributed by atoms with Gasteiger partial charge in [-0.15, -0.1) is 0 Å². The van der Waals surface area contributed by atoms with Crippen LogP contribution in [0.15, 0.2) is 51.3 Å². The summed E-state index contributed by atoms with van der Waals surface area (Å²) >= 11 is 12.3. The molecule has 0 saturated heterocycles. The number of para-hydroxylation sites is 1. The molecule has 120 valence electrons. The third-order valence-corrected chi connectivity index (χ3v) is 4.18. The molecule has 2 aromatic carbocycles. The van der Waals surface area contributed by atoms with Crippen molar-refractivity contribution in [3.05, 3.63) is 47.0 Å². The van der Waals surface area contributed by atoms with Gasteiger partial charge in [-0.25, -0.2) is 0 Å². The van der Waals surface area contributed by atoms with Crippen LogP contribution in [0.1, 0.15) is 5.56 Å². The largest absolute Gasteiger partial charge is 0.507 e. The molecule has 0 amide bonds. The SMILES string of the molecule is COc1ccccc1Sc1cc(O)c(C=NNC(N)=S)c(Cl)c1. The van der Waals surface area contributed by atoms with E-state index >= 15 is 0 Å². The van der Waals surface area contributed by atoms with Crippen LogP contribution in [0.4, 0.5) is 0 Å². The van der Waals surface area contributed by atoms with Gasteiger partial charge < -0.3 is 15.6 Å². The first-order valence-corrected chi connectivity index (χ1v) is 8.03. The third-order valence-electron chi connectivity index (χ3n) is 2.75. The Balaban J connectivity index is 2.25. The summed E-state index contributed by atoms with van der Waals surface area (Å²) in [5.41, 5.74) is 8.05. The average Bonchev–Trinajstić information content (AvgIpc) is 2.50. The molecule has 4 N–H and O–H groups in total. The molecule has 8 heteroatoms. The van der Waals surface area contributed by atoms with E-state index in [1.165, 1.54) is 18.0 Å². The number of thiocarbonyl (C=S) groups is 1. The topological polar surface area (TPSA) is 79.9 Å². The first-order valence-electron chi connectivity index (χ1n) is 6.43. The number of benzene rings is 2. The lowest BCUT2D eigenvalue weighted by Gasteiger charge is -2.09. The Labute approximate surface area is 148 Å². The summed E-state index contributed by atoms with van der Waals surface area (Å²) in [6.07, 6.45) is 1.36. The van der Waals surface area contributed by atoms with Crippen molar-refractivity contribution in [3.8, 4) is 11.5 Å². The number of hydrogen-bond acceptors (Lipinski definition) is 5. The zero-order valence-corrected chi connectivity index (χ0v) is 14.5. The normalized spacial score (nSPS) is 10.7. The fraction of sp³-hybridized carbons (Fsp3) is 0.0667. The number of phenolic OH excluding ortho intramolecular Hbond substituents is 1. The van der Waals surface area contributed by atoms with E-state index in [1.54, 1.807) is 19.2 Å². The number of nitrogens with one attached hydrogen (secondary N) is 1. The van der Waals surface area contributed by atoms with Gasteiger partial charge in [0.1, 0.15) is 11.5 Å². The van der Waals surface area contributed by atoms with Crippen LogP contribution >= 0.6 is 35.6 Å². The fourth-order valence-electron chi connectivity index (χ4n) is 1.76. The van der Waals surface area contributed by atoms with Gasteiger partial charge in [0, 0.05) is 4.90 Å². The van der Waals surface area contributed by atoms with Crippen molar-refractivity contribution in [1.29, 1.82) is 0 Å². The number of halogens is 1. The van der Waals surface area contributed by atoms with Crippen molar-refractivity contribution in [1.82, 2.24) is 5.43 Å². The Kier molecular flexibility index (Phi) is 6.09. The molecule has 0 spiro atoms. The van der Waals surface area contributed by atoms with E-state index < -0.39 is 0 Å². The van der Waals surface area contributed by atoms with E-state index in [-0.39, 0.29) is 10.9 Å². The Morgan fingerprint density at radius 1 is 1.43 bits per heavy atom. The average molecular weight is 368 g/mol. The quantitative estimate of drug-likeness (QED) is 0.427. The zero-order chi connectivity index (χ0) is 16.8. The summed E-state index contributed by atoms with van der Waals surface area (Å²) in [5, 5.41) is 14.3. The molecule has 0 unspecified atom stereocenters. The number of nitrogens with zero attached hydrogens (tertiary/aromatic N) is 1. The van der Waals surface area contributed by atoms with Gasteiger partial charge in [-0.2, -0.15) is 5.10 Å². The van der Waals surface area contributed by atoms with Crippen molar-refractivity contribution in [3.63, 3.8) is 0 Å². The number of rotatable bonds is 5. The molecule has 0 radical (unpaired) electrons. The fourth-order valence-corrected chi connectivity index (χ4v) is 3.14. The first kappa shape index (κ1) is 17.4. The van der Waals surface area contributed by atoms with Crippen molar-refractivity contribution in [2.75, 3.05) is 7.11 Å². The molecular formula is C15H14ClN3O2S2. The summed E-state index contributed by atoms with van der Waals surface area (Å²) < 4.78 is 5.31. The number of methoxy groups -OCH3 is 1. The van der Waals surface area contributed by atoms with Crippen LogP contribution in [0.3, 0.4) is 0 Å². The van der Waals surface area contributed by atoms with Gasteiger partial charge in [0.05, 0.1) is 28.8 Å². The number of hydrazone groups is 1. The van der Waals surface area contributed by atoms with Crippen LogP contribution in [0.2, 0.25) is 5.02 Å². The molecule has 23 heavy (non-hydrogen) atoms. The smallest absolute Gasteiger partial charge is 0.184 e. The molecule has 2 rings (SSSR count). The molecule has 0 aliphatic heterocycles. The molecule has 0 aliphatic rings. The second-order valence-corrected chi connectivity index (χ2v) is 6.29. The monoisotopic (exact) mass is 367 g/mol. The molecule has 0 fully saturated rings. The lowest BCUT2D eigenvalue weighted by Crippen LogP contribution is -2.24. The highest BCUT2D eigenvalue weighted by Crippen LogP contribution is 2.38. The van der Waals surface area contributed by atoms with Crippen LogP contribution in [-0.2, 0) is 0 Å². The zero-order valence-electron chi connectivity index (χ0n) is 12.1. The van der Waals surface area contributed by atoms with E-state index in [0.717, 1.165) is 15.5 Å². The van der Waals surface area contributed by atoms with E-state index in [4.69, 9.17) is 22.1 Å². The van der Waals surface area contributed by atoms with Gasteiger partial charge in [0.2, 0.25) is 0 Å². The van der Waals surface area contributed by atoms with Crippen molar-refractivity contribution in [2.24, 2.45) is 10.8 Å². The number of nitrogens with two attached hydrogens (primary N) is 1. The van der Waals surface area contributed by atoms with Gasteiger partial charge in [0.15, 0.2) is 5.11 Å². The minimum atomic E-state index is 0.00314. The van der Waals surface area contributed by atoms with Crippen molar-refractivity contribution >= 4 is 46.9 Å². The lowest BCUT2D eigenvalue weighted by molar-refractivity contribution is 0.405. The van der Waals surface area contributed by atoms with E-state index in [0.29, 0.717) is 10.6 Å².